The van der Waals surface area contributed by atoms with Gasteiger partial charge >= 0.3 is 5.97 Å². The maximum Gasteiger partial charge on any atom is 0.309 e. The monoisotopic (exact) mass is 264 g/mol. The molecule has 4 nitrogen and oxygen atoms in total. The van der Waals surface area contributed by atoms with Crippen molar-refractivity contribution < 1.29 is 9.53 Å². The third kappa shape index (κ3) is 3.11. The molecule has 0 atom stereocenters. The summed E-state index contributed by atoms with van der Waals surface area (Å²) in [6.45, 7) is 0.583. The van der Waals surface area contributed by atoms with Crippen LogP contribution in [0.2, 0.25) is 5.02 Å². The van der Waals surface area contributed by atoms with Gasteiger partial charge in [0, 0.05) is 6.20 Å². The zero-order valence-corrected chi connectivity index (χ0v) is 10.7. The Hall–Kier alpha value is -1.81. The predicted octanol–water partition coefficient (Wildman–Crippen LogP) is 2.30. The van der Waals surface area contributed by atoms with E-state index >= 15 is 0 Å². The molecule has 0 bridgehead atoms. The molecule has 18 heavy (non-hydrogen) atoms. The molecule has 2 rings (SSSR count). The molecule has 1 aromatic heterocycles. The van der Waals surface area contributed by atoms with Gasteiger partial charge in [0.2, 0.25) is 0 Å². The van der Waals surface area contributed by atoms with Crippen LogP contribution in [0.25, 0.3) is 0 Å². The van der Waals surface area contributed by atoms with Crippen molar-refractivity contribution in [1.82, 2.24) is 9.78 Å². The van der Waals surface area contributed by atoms with E-state index in [0.29, 0.717) is 11.6 Å². The van der Waals surface area contributed by atoms with Crippen LogP contribution in [0.3, 0.4) is 0 Å². The molecule has 0 aliphatic carbocycles. The van der Waals surface area contributed by atoms with Crippen molar-refractivity contribution in [2.75, 3.05) is 7.11 Å². The lowest BCUT2D eigenvalue weighted by atomic mass is 10.0. The van der Waals surface area contributed by atoms with Crippen LogP contribution < -0.4 is 0 Å². The molecule has 94 valence electrons. The predicted molar refractivity (Wildman–Crippen MR) is 68.5 cm³/mol. The Morgan fingerprint density at radius 3 is 2.72 bits per heavy atom. The molecule has 5 heteroatoms. The second-order valence-electron chi connectivity index (χ2n) is 3.88. The van der Waals surface area contributed by atoms with Crippen molar-refractivity contribution >= 4 is 17.6 Å². The van der Waals surface area contributed by atoms with Crippen LogP contribution in [0.5, 0.6) is 0 Å². The van der Waals surface area contributed by atoms with Crippen molar-refractivity contribution in [2.24, 2.45) is 0 Å². The Balaban J connectivity index is 2.19. The summed E-state index contributed by atoms with van der Waals surface area (Å²) in [5.74, 6) is -0.249. The topological polar surface area (TPSA) is 44.1 Å². The summed E-state index contributed by atoms with van der Waals surface area (Å²) < 4.78 is 6.42. The molecule has 0 fully saturated rings. The van der Waals surface area contributed by atoms with Gasteiger partial charge in [0.15, 0.2) is 0 Å². The fourth-order valence-corrected chi connectivity index (χ4v) is 1.87. The van der Waals surface area contributed by atoms with E-state index in [1.807, 2.05) is 24.3 Å². The maximum atomic E-state index is 11.3. The smallest absolute Gasteiger partial charge is 0.309 e. The van der Waals surface area contributed by atoms with E-state index in [1.54, 1.807) is 17.1 Å². The number of carbonyl (C=O) groups excluding carboxylic acids is 1. The van der Waals surface area contributed by atoms with Crippen molar-refractivity contribution in [3.05, 3.63) is 52.8 Å². The number of carbonyl (C=O) groups is 1. The van der Waals surface area contributed by atoms with Crippen LogP contribution in [-0.2, 0) is 22.5 Å². The second-order valence-corrected chi connectivity index (χ2v) is 4.31. The minimum absolute atomic E-state index is 0.249. The second kappa shape index (κ2) is 5.69. The number of methoxy groups -OCH3 is 1. The highest BCUT2D eigenvalue weighted by molar-refractivity contribution is 6.30. The molecular weight excluding hydrogens is 252 g/mol. The van der Waals surface area contributed by atoms with Crippen LogP contribution in [-0.4, -0.2) is 22.9 Å². The van der Waals surface area contributed by atoms with E-state index in [4.69, 9.17) is 11.6 Å². The molecule has 0 radical (unpaired) electrons. The first-order valence-electron chi connectivity index (χ1n) is 5.50. The molecule has 0 aliphatic rings. The van der Waals surface area contributed by atoms with Crippen molar-refractivity contribution in [2.45, 2.75) is 13.0 Å². The van der Waals surface area contributed by atoms with Gasteiger partial charge in [-0.1, -0.05) is 35.9 Å². The van der Waals surface area contributed by atoms with Crippen molar-refractivity contribution in [3.63, 3.8) is 0 Å². The molecule has 0 saturated carbocycles. The summed E-state index contributed by atoms with van der Waals surface area (Å²) >= 11 is 5.82. The average Bonchev–Trinajstić information content (AvgIpc) is 2.77. The Labute approximate surface area is 110 Å². The Morgan fingerprint density at radius 2 is 2.11 bits per heavy atom. The Bertz CT molecular complexity index is 551. The number of halogens is 1. The molecule has 0 aliphatic heterocycles. The highest BCUT2D eigenvalue weighted by Gasteiger charge is 2.08. The summed E-state index contributed by atoms with van der Waals surface area (Å²) in [5, 5.41) is 4.72. The van der Waals surface area contributed by atoms with E-state index in [0.717, 1.165) is 11.1 Å². The minimum Gasteiger partial charge on any atom is -0.469 e. The SMILES string of the molecule is COC(=O)Cc1ccccc1Cn1cc(Cl)cn1. The number of hydrogen-bond acceptors (Lipinski definition) is 3. The van der Waals surface area contributed by atoms with Gasteiger partial charge in [0.05, 0.1) is 31.3 Å². The van der Waals surface area contributed by atoms with Gasteiger partial charge in [0.1, 0.15) is 0 Å². The van der Waals surface area contributed by atoms with Crippen LogP contribution in [0.4, 0.5) is 0 Å². The Morgan fingerprint density at radius 1 is 1.39 bits per heavy atom. The third-order valence-electron chi connectivity index (χ3n) is 2.61. The molecule has 1 heterocycles. The summed E-state index contributed by atoms with van der Waals surface area (Å²) in [6.07, 6.45) is 3.60. The lowest BCUT2D eigenvalue weighted by Crippen LogP contribution is -2.09. The Kier molecular flexibility index (Phi) is 3.99. The molecule has 2 aromatic rings. The molecule has 0 spiro atoms. The largest absolute Gasteiger partial charge is 0.469 e. The summed E-state index contributed by atoms with van der Waals surface area (Å²) in [4.78, 5) is 11.3. The van der Waals surface area contributed by atoms with Gasteiger partial charge in [-0.25, -0.2) is 0 Å². The van der Waals surface area contributed by atoms with E-state index in [-0.39, 0.29) is 12.4 Å². The minimum atomic E-state index is -0.249. The lowest BCUT2D eigenvalue weighted by Gasteiger charge is -2.08. The summed E-state index contributed by atoms with van der Waals surface area (Å²) in [7, 11) is 1.39. The fraction of sp³-hybridized carbons (Fsp3) is 0.231. The van der Waals surface area contributed by atoms with Gasteiger partial charge in [-0.3, -0.25) is 9.48 Å². The van der Waals surface area contributed by atoms with Crippen LogP contribution in [0, 0.1) is 0 Å². The molecule has 1 aromatic carbocycles. The third-order valence-corrected chi connectivity index (χ3v) is 2.81. The van der Waals surface area contributed by atoms with Crippen LogP contribution >= 0.6 is 11.6 Å². The number of ether oxygens (including phenoxy) is 1. The number of esters is 1. The first-order chi connectivity index (χ1) is 8.69. The molecule has 0 amide bonds. The fourth-order valence-electron chi connectivity index (χ4n) is 1.71. The zero-order chi connectivity index (χ0) is 13.0. The van der Waals surface area contributed by atoms with Gasteiger partial charge in [0.25, 0.3) is 0 Å². The first kappa shape index (κ1) is 12.6. The molecular formula is C13H13ClN2O2. The molecule has 0 N–H and O–H groups in total. The first-order valence-corrected chi connectivity index (χ1v) is 5.88. The van der Waals surface area contributed by atoms with Gasteiger partial charge in [-0.15, -0.1) is 0 Å². The number of benzene rings is 1. The highest BCUT2D eigenvalue weighted by atomic mass is 35.5. The van der Waals surface area contributed by atoms with E-state index < -0.39 is 0 Å². The normalized spacial score (nSPS) is 10.3. The quantitative estimate of drug-likeness (QED) is 0.796. The zero-order valence-electron chi connectivity index (χ0n) is 9.97. The van der Waals surface area contributed by atoms with Crippen LogP contribution in [0.1, 0.15) is 11.1 Å². The molecule has 0 saturated heterocycles. The number of aromatic nitrogens is 2. The maximum absolute atomic E-state index is 11.3. The van der Waals surface area contributed by atoms with Crippen molar-refractivity contribution in [1.29, 1.82) is 0 Å². The summed E-state index contributed by atoms with van der Waals surface area (Å²) in [5.41, 5.74) is 1.97. The number of nitrogens with zero attached hydrogens (tertiary/aromatic N) is 2. The van der Waals surface area contributed by atoms with E-state index in [1.165, 1.54) is 7.11 Å². The van der Waals surface area contributed by atoms with Gasteiger partial charge in [-0.2, -0.15) is 5.10 Å². The van der Waals surface area contributed by atoms with Crippen molar-refractivity contribution in [3.8, 4) is 0 Å². The standard InChI is InChI=1S/C13H13ClN2O2/c1-18-13(17)6-10-4-2-3-5-11(10)8-16-9-12(14)7-15-16/h2-5,7,9H,6,8H2,1H3. The number of rotatable bonds is 4. The molecule has 0 unspecified atom stereocenters. The summed E-state index contributed by atoms with van der Waals surface area (Å²) in [6, 6.07) is 7.71. The van der Waals surface area contributed by atoms with Gasteiger partial charge < -0.3 is 4.74 Å². The van der Waals surface area contributed by atoms with Gasteiger partial charge in [-0.05, 0) is 11.1 Å². The van der Waals surface area contributed by atoms with E-state index in [9.17, 15) is 4.79 Å². The average molecular weight is 265 g/mol. The van der Waals surface area contributed by atoms with E-state index in [2.05, 4.69) is 9.84 Å². The van der Waals surface area contributed by atoms with Crippen LogP contribution in [0.15, 0.2) is 36.7 Å². The lowest BCUT2D eigenvalue weighted by molar-refractivity contribution is -0.139. The number of hydrogen-bond donors (Lipinski definition) is 0. The highest BCUT2D eigenvalue weighted by Crippen LogP contribution is 2.13.